The molecule has 1 aromatic carbocycles. The van der Waals surface area contributed by atoms with E-state index in [4.69, 9.17) is 0 Å². The molecule has 0 aliphatic rings. The smallest absolute Gasteiger partial charge is 0.340 e. The summed E-state index contributed by atoms with van der Waals surface area (Å²) >= 11 is 0. The summed E-state index contributed by atoms with van der Waals surface area (Å²) in [6, 6.07) is 2.15. The van der Waals surface area contributed by atoms with Gasteiger partial charge >= 0.3 is 5.97 Å². The second-order valence-electron chi connectivity index (χ2n) is 3.64. The fourth-order valence-electron chi connectivity index (χ4n) is 1.27. The number of carbonyl (C=O) groups excluding carboxylic acids is 1. The standard InChI is InChI=1S/C11H14FNO3.C2H6/c1-6(2)13-9-5-8(12)10(14)4-7(9)11(15)16-3;1-2/h4-6,13-14H,1-3H3;1-2H3. The molecule has 0 saturated carbocycles. The zero-order valence-electron chi connectivity index (χ0n) is 11.4. The van der Waals surface area contributed by atoms with Crippen molar-refractivity contribution in [3.63, 3.8) is 0 Å². The molecule has 2 N–H and O–H groups in total. The van der Waals surface area contributed by atoms with E-state index < -0.39 is 17.5 Å². The predicted octanol–water partition coefficient (Wildman–Crippen LogP) is 3.16. The highest BCUT2D eigenvalue weighted by Crippen LogP contribution is 2.26. The van der Waals surface area contributed by atoms with Crippen molar-refractivity contribution in [3.05, 3.63) is 23.5 Å². The van der Waals surface area contributed by atoms with Crippen LogP contribution in [0.1, 0.15) is 38.1 Å². The Kier molecular flexibility index (Phi) is 6.78. The third-order valence-corrected chi connectivity index (χ3v) is 1.94. The number of halogens is 1. The van der Waals surface area contributed by atoms with Crippen LogP contribution in [0.25, 0.3) is 0 Å². The van der Waals surface area contributed by atoms with Gasteiger partial charge in [0.15, 0.2) is 11.6 Å². The minimum absolute atomic E-state index is 0.0346. The third-order valence-electron chi connectivity index (χ3n) is 1.94. The number of rotatable bonds is 3. The van der Waals surface area contributed by atoms with Crippen molar-refractivity contribution in [1.82, 2.24) is 0 Å². The van der Waals surface area contributed by atoms with E-state index in [2.05, 4.69) is 10.1 Å². The highest BCUT2D eigenvalue weighted by Gasteiger charge is 2.16. The third kappa shape index (κ3) is 4.24. The Labute approximate surface area is 107 Å². The first kappa shape index (κ1) is 16.2. The molecule has 5 heteroatoms. The van der Waals surface area contributed by atoms with Gasteiger partial charge in [0.2, 0.25) is 0 Å². The van der Waals surface area contributed by atoms with E-state index in [0.717, 1.165) is 12.1 Å². The number of hydrogen-bond donors (Lipinski definition) is 2. The van der Waals surface area contributed by atoms with Gasteiger partial charge in [-0.05, 0) is 19.9 Å². The van der Waals surface area contributed by atoms with Crippen molar-refractivity contribution >= 4 is 11.7 Å². The van der Waals surface area contributed by atoms with Gasteiger partial charge in [-0.1, -0.05) is 13.8 Å². The molecular weight excluding hydrogens is 237 g/mol. The highest BCUT2D eigenvalue weighted by atomic mass is 19.1. The molecule has 0 fully saturated rings. The average Bonchev–Trinajstić information content (AvgIpc) is 2.34. The second kappa shape index (κ2) is 7.53. The van der Waals surface area contributed by atoms with Gasteiger partial charge in [0.25, 0.3) is 0 Å². The van der Waals surface area contributed by atoms with Crippen LogP contribution in [-0.2, 0) is 4.74 Å². The van der Waals surface area contributed by atoms with Crippen molar-refractivity contribution < 1.29 is 19.0 Å². The molecule has 18 heavy (non-hydrogen) atoms. The molecule has 0 atom stereocenters. The molecule has 4 nitrogen and oxygen atoms in total. The van der Waals surface area contributed by atoms with E-state index in [1.807, 2.05) is 27.7 Å². The second-order valence-corrected chi connectivity index (χ2v) is 3.64. The maximum Gasteiger partial charge on any atom is 0.340 e. The van der Waals surface area contributed by atoms with Crippen LogP contribution in [0.4, 0.5) is 10.1 Å². The molecule has 0 heterocycles. The Bertz CT molecular complexity index is 405. The summed E-state index contributed by atoms with van der Waals surface area (Å²) in [7, 11) is 1.22. The molecule has 0 saturated heterocycles. The summed E-state index contributed by atoms with van der Waals surface area (Å²) in [5.41, 5.74) is 0.409. The van der Waals surface area contributed by atoms with Gasteiger partial charge in [-0.25, -0.2) is 9.18 Å². The lowest BCUT2D eigenvalue weighted by Crippen LogP contribution is -2.14. The molecule has 0 spiro atoms. The first-order chi connectivity index (χ1) is 8.45. The van der Waals surface area contributed by atoms with Gasteiger partial charge in [0.05, 0.1) is 18.4 Å². The molecule has 0 radical (unpaired) electrons. The molecule has 1 rings (SSSR count). The number of esters is 1. The summed E-state index contributed by atoms with van der Waals surface area (Å²) in [5, 5.41) is 12.1. The molecule has 0 aromatic heterocycles. The highest BCUT2D eigenvalue weighted by molar-refractivity contribution is 5.96. The number of aromatic hydroxyl groups is 1. The topological polar surface area (TPSA) is 58.6 Å². The number of benzene rings is 1. The van der Waals surface area contributed by atoms with E-state index in [-0.39, 0.29) is 11.6 Å². The first-order valence-electron chi connectivity index (χ1n) is 5.83. The summed E-state index contributed by atoms with van der Waals surface area (Å²) in [6.45, 7) is 7.71. The Balaban J connectivity index is 0.00000137. The lowest BCUT2D eigenvalue weighted by atomic mass is 10.1. The lowest BCUT2D eigenvalue weighted by Gasteiger charge is -2.14. The number of ether oxygens (including phenoxy) is 1. The molecular formula is C13H20FNO3. The monoisotopic (exact) mass is 257 g/mol. The van der Waals surface area contributed by atoms with E-state index in [9.17, 15) is 14.3 Å². The number of phenols is 1. The van der Waals surface area contributed by atoms with Crippen LogP contribution < -0.4 is 5.32 Å². The van der Waals surface area contributed by atoms with Crippen LogP contribution in [0.3, 0.4) is 0 Å². The van der Waals surface area contributed by atoms with Crippen LogP contribution in [0.5, 0.6) is 5.75 Å². The van der Waals surface area contributed by atoms with Crippen LogP contribution in [0.15, 0.2) is 12.1 Å². The Morgan fingerprint density at radius 2 is 1.94 bits per heavy atom. The van der Waals surface area contributed by atoms with Gasteiger partial charge in [-0.15, -0.1) is 0 Å². The molecule has 0 aliphatic heterocycles. The fourth-order valence-corrected chi connectivity index (χ4v) is 1.27. The summed E-state index contributed by atoms with van der Waals surface area (Å²) in [6.07, 6.45) is 0. The van der Waals surface area contributed by atoms with Gasteiger partial charge in [0, 0.05) is 12.1 Å². The van der Waals surface area contributed by atoms with Crippen LogP contribution in [0.2, 0.25) is 0 Å². The summed E-state index contributed by atoms with van der Waals surface area (Å²) in [5.74, 6) is -1.98. The number of anilines is 1. The minimum Gasteiger partial charge on any atom is -0.505 e. The average molecular weight is 257 g/mol. The largest absolute Gasteiger partial charge is 0.505 e. The van der Waals surface area contributed by atoms with Crippen molar-refractivity contribution in [2.75, 3.05) is 12.4 Å². The molecule has 102 valence electrons. The van der Waals surface area contributed by atoms with Gasteiger partial charge in [-0.3, -0.25) is 0 Å². The van der Waals surface area contributed by atoms with Crippen LogP contribution in [0, 0.1) is 5.82 Å². The first-order valence-corrected chi connectivity index (χ1v) is 5.83. The van der Waals surface area contributed by atoms with Crippen molar-refractivity contribution in [2.24, 2.45) is 0 Å². The maximum absolute atomic E-state index is 13.1. The van der Waals surface area contributed by atoms with Gasteiger partial charge in [0.1, 0.15) is 0 Å². The zero-order valence-corrected chi connectivity index (χ0v) is 11.4. The van der Waals surface area contributed by atoms with Crippen molar-refractivity contribution in [2.45, 2.75) is 33.7 Å². The Morgan fingerprint density at radius 3 is 2.39 bits per heavy atom. The van der Waals surface area contributed by atoms with Crippen molar-refractivity contribution in [1.29, 1.82) is 0 Å². The van der Waals surface area contributed by atoms with E-state index in [0.29, 0.717) is 5.69 Å². The van der Waals surface area contributed by atoms with E-state index in [1.165, 1.54) is 7.11 Å². The van der Waals surface area contributed by atoms with E-state index in [1.54, 1.807) is 0 Å². The summed E-state index contributed by atoms with van der Waals surface area (Å²) < 4.78 is 17.7. The molecule has 0 unspecified atom stereocenters. The normalized spacial score (nSPS) is 9.50. The molecule has 0 aliphatic carbocycles. The van der Waals surface area contributed by atoms with E-state index >= 15 is 0 Å². The zero-order chi connectivity index (χ0) is 14.3. The molecule has 0 bridgehead atoms. The maximum atomic E-state index is 13.1. The Morgan fingerprint density at radius 1 is 1.39 bits per heavy atom. The minimum atomic E-state index is -0.782. The van der Waals surface area contributed by atoms with Crippen LogP contribution in [-0.4, -0.2) is 24.2 Å². The van der Waals surface area contributed by atoms with Gasteiger partial charge < -0.3 is 15.2 Å². The lowest BCUT2D eigenvalue weighted by molar-refractivity contribution is 0.0601. The fraction of sp³-hybridized carbons (Fsp3) is 0.462. The number of nitrogens with one attached hydrogen (secondary N) is 1. The van der Waals surface area contributed by atoms with Crippen molar-refractivity contribution in [3.8, 4) is 5.75 Å². The van der Waals surface area contributed by atoms with Crippen LogP contribution >= 0.6 is 0 Å². The van der Waals surface area contributed by atoms with Gasteiger partial charge in [-0.2, -0.15) is 0 Å². The molecule has 1 aromatic rings. The quantitative estimate of drug-likeness (QED) is 0.645. The number of hydrogen-bond acceptors (Lipinski definition) is 4. The number of phenolic OH excluding ortho intramolecular Hbond substituents is 1. The predicted molar refractivity (Wildman–Crippen MR) is 69.5 cm³/mol. The number of carbonyl (C=O) groups is 1. The Hall–Kier alpha value is -1.78. The SMILES string of the molecule is CC.COC(=O)c1cc(O)c(F)cc1NC(C)C. The summed E-state index contributed by atoms with van der Waals surface area (Å²) in [4.78, 5) is 11.4. The molecule has 0 amide bonds. The number of methoxy groups -OCH3 is 1.